The Balaban J connectivity index is 2.12. The third kappa shape index (κ3) is 3.37. The van der Waals surface area contributed by atoms with E-state index in [2.05, 4.69) is 28.2 Å². The predicted octanol–water partition coefficient (Wildman–Crippen LogP) is 3.60. The lowest BCUT2D eigenvalue weighted by molar-refractivity contribution is -0.122. The molecule has 0 aliphatic heterocycles. The molecule has 1 amide bonds. The molecule has 3 nitrogen and oxygen atoms in total. The molecule has 1 aliphatic rings. The van der Waals surface area contributed by atoms with Crippen LogP contribution in [0.1, 0.15) is 38.2 Å². The lowest BCUT2D eigenvalue weighted by Crippen LogP contribution is -2.53. The summed E-state index contributed by atoms with van der Waals surface area (Å²) in [6.45, 7) is 4.14. The van der Waals surface area contributed by atoms with Crippen molar-refractivity contribution in [3.63, 3.8) is 0 Å². The van der Waals surface area contributed by atoms with Crippen molar-refractivity contribution in [2.45, 2.75) is 45.1 Å². The van der Waals surface area contributed by atoms with Crippen molar-refractivity contribution < 1.29 is 4.79 Å². The summed E-state index contributed by atoms with van der Waals surface area (Å²) < 4.78 is 1.01. The molecule has 1 aromatic rings. The first kappa shape index (κ1) is 14.5. The fraction of sp³-hybridized carbons (Fsp3) is 0.533. The smallest absolute Gasteiger partial charge is 0.244 e. The van der Waals surface area contributed by atoms with E-state index in [-0.39, 0.29) is 5.91 Å². The quantitative estimate of drug-likeness (QED) is 0.873. The van der Waals surface area contributed by atoms with Gasteiger partial charge >= 0.3 is 0 Å². The number of benzene rings is 1. The molecular weight excluding hydrogens is 304 g/mol. The second-order valence-electron chi connectivity index (χ2n) is 5.77. The highest BCUT2D eigenvalue weighted by molar-refractivity contribution is 9.10. The van der Waals surface area contributed by atoms with Crippen LogP contribution < -0.4 is 11.1 Å². The van der Waals surface area contributed by atoms with E-state index < -0.39 is 5.54 Å². The first-order chi connectivity index (χ1) is 8.90. The van der Waals surface area contributed by atoms with Crippen LogP contribution in [0.2, 0.25) is 0 Å². The molecule has 0 heterocycles. The zero-order valence-electron chi connectivity index (χ0n) is 11.5. The summed E-state index contributed by atoms with van der Waals surface area (Å²) in [6, 6.07) is 5.82. The molecule has 3 N–H and O–H groups in total. The Kier molecular flexibility index (Phi) is 4.31. The van der Waals surface area contributed by atoms with Crippen molar-refractivity contribution in [2.24, 2.45) is 11.7 Å². The summed E-state index contributed by atoms with van der Waals surface area (Å²) in [4.78, 5) is 12.4. The number of amides is 1. The summed E-state index contributed by atoms with van der Waals surface area (Å²) in [7, 11) is 0. The lowest BCUT2D eigenvalue weighted by Gasteiger charge is -2.35. The molecule has 19 heavy (non-hydrogen) atoms. The van der Waals surface area contributed by atoms with Gasteiger partial charge in [-0.2, -0.15) is 0 Å². The van der Waals surface area contributed by atoms with Crippen LogP contribution in [0.3, 0.4) is 0 Å². The number of nitrogens with one attached hydrogen (secondary N) is 1. The molecule has 1 fully saturated rings. The van der Waals surface area contributed by atoms with Gasteiger partial charge in [-0.15, -0.1) is 0 Å². The Morgan fingerprint density at radius 1 is 1.53 bits per heavy atom. The normalized spacial score (nSPS) is 27.1. The van der Waals surface area contributed by atoms with Gasteiger partial charge in [-0.3, -0.25) is 4.79 Å². The van der Waals surface area contributed by atoms with Crippen LogP contribution in [0.15, 0.2) is 22.7 Å². The second-order valence-corrected chi connectivity index (χ2v) is 6.69. The molecule has 0 spiro atoms. The van der Waals surface area contributed by atoms with Crippen LogP contribution in [0.4, 0.5) is 5.69 Å². The van der Waals surface area contributed by atoms with Gasteiger partial charge in [0.1, 0.15) is 0 Å². The molecule has 1 aliphatic carbocycles. The molecule has 2 atom stereocenters. The van der Waals surface area contributed by atoms with Gasteiger partial charge in [-0.05, 0) is 49.4 Å². The van der Waals surface area contributed by atoms with Gasteiger partial charge in [0.25, 0.3) is 0 Å². The molecule has 2 unspecified atom stereocenters. The van der Waals surface area contributed by atoms with Crippen molar-refractivity contribution in [3.05, 3.63) is 28.2 Å². The summed E-state index contributed by atoms with van der Waals surface area (Å²) in [5, 5.41) is 2.98. The SMILES string of the molecule is Cc1cc(Br)ccc1NC(=O)C1(N)CCCC(C)C1. The Morgan fingerprint density at radius 2 is 2.26 bits per heavy atom. The summed E-state index contributed by atoms with van der Waals surface area (Å²) in [5.41, 5.74) is 7.47. The van der Waals surface area contributed by atoms with E-state index in [1.807, 2.05) is 25.1 Å². The van der Waals surface area contributed by atoms with Crippen LogP contribution in [0, 0.1) is 12.8 Å². The van der Waals surface area contributed by atoms with Crippen molar-refractivity contribution in [1.82, 2.24) is 0 Å². The largest absolute Gasteiger partial charge is 0.324 e. The highest BCUT2D eigenvalue weighted by Gasteiger charge is 2.38. The summed E-state index contributed by atoms with van der Waals surface area (Å²) in [5.74, 6) is 0.472. The topological polar surface area (TPSA) is 55.1 Å². The maximum atomic E-state index is 12.4. The van der Waals surface area contributed by atoms with Crippen molar-refractivity contribution in [1.29, 1.82) is 0 Å². The minimum atomic E-state index is -0.711. The van der Waals surface area contributed by atoms with Gasteiger partial charge in [0.2, 0.25) is 5.91 Å². The number of rotatable bonds is 2. The van der Waals surface area contributed by atoms with Crippen molar-refractivity contribution in [2.75, 3.05) is 5.32 Å². The molecule has 0 saturated heterocycles. The molecule has 1 aromatic carbocycles. The molecule has 0 bridgehead atoms. The number of anilines is 1. The standard InChI is InChI=1S/C15H21BrN2O/c1-10-4-3-7-15(17,9-10)14(19)18-13-6-5-12(16)8-11(13)2/h5-6,8,10H,3-4,7,9,17H2,1-2H3,(H,18,19). The number of hydrogen-bond acceptors (Lipinski definition) is 2. The van der Waals surface area contributed by atoms with Gasteiger partial charge in [-0.25, -0.2) is 0 Å². The molecule has 1 saturated carbocycles. The first-order valence-corrected chi connectivity index (χ1v) is 7.56. The minimum absolute atomic E-state index is 0.0514. The monoisotopic (exact) mass is 324 g/mol. The second kappa shape index (κ2) is 5.63. The van der Waals surface area contributed by atoms with Gasteiger partial charge in [-0.1, -0.05) is 35.7 Å². The highest BCUT2D eigenvalue weighted by Crippen LogP contribution is 2.31. The van der Waals surface area contributed by atoms with Crippen LogP contribution in [-0.4, -0.2) is 11.4 Å². The van der Waals surface area contributed by atoms with E-state index in [0.717, 1.165) is 35.0 Å². The van der Waals surface area contributed by atoms with E-state index >= 15 is 0 Å². The van der Waals surface area contributed by atoms with E-state index in [1.54, 1.807) is 0 Å². The highest BCUT2D eigenvalue weighted by atomic mass is 79.9. The summed E-state index contributed by atoms with van der Waals surface area (Å²) >= 11 is 3.42. The third-order valence-corrected chi connectivity index (χ3v) is 4.41. The lowest BCUT2D eigenvalue weighted by atomic mass is 9.76. The zero-order valence-corrected chi connectivity index (χ0v) is 13.1. The molecular formula is C15H21BrN2O. The van der Waals surface area contributed by atoms with Crippen LogP contribution in [0.25, 0.3) is 0 Å². The summed E-state index contributed by atoms with van der Waals surface area (Å²) in [6.07, 6.45) is 3.75. The number of carbonyl (C=O) groups is 1. The van der Waals surface area contributed by atoms with E-state index in [1.165, 1.54) is 6.42 Å². The van der Waals surface area contributed by atoms with Crippen molar-refractivity contribution in [3.8, 4) is 0 Å². The number of halogens is 1. The van der Waals surface area contributed by atoms with E-state index in [9.17, 15) is 4.79 Å². The maximum Gasteiger partial charge on any atom is 0.244 e. The Labute approximate surface area is 123 Å². The fourth-order valence-corrected chi connectivity index (χ4v) is 3.29. The Hall–Kier alpha value is -0.870. The van der Waals surface area contributed by atoms with E-state index in [0.29, 0.717) is 5.92 Å². The number of carbonyl (C=O) groups excluding carboxylic acids is 1. The van der Waals surface area contributed by atoms with Gasteiger partial charge in [0.05, 0.1) is 5.54 Å². The molecule has 104 valence electrons. The maximum absolute atomic E-state index is 12.4. The van der Waals surface area contributed by atoms with Gasteiger partial charge < -0.3 is 11.1 Å². The minimum Gasteiger partial charge on any atom is -0.324 e. The molecule has 0 aromatic heterocycles. The predicted molar refractivity (Wildman–Crippen MR) is 82.1 cm³/mol. The number of nitrogens with two attached hydrogens (primary N) is 1. The number of hydrogen-bond donors (Lipinski definition) is 2. The third-order valence-electron chi connectivity index (χ3n) is 3.92. The van der Waals surface area contributed by atoms with Crippen molar-refractivity contribution >= 4 is 27.5 Å². The number of aryl methyl sites for hydroxylation is 1. The van der Waals surface area contributed by atoms with Crippen LogP contribution in [0.5, 0.6) is 0 Å². The van der Waals surface area contributed by atoms with Gasteiger partial charge in [0, 0.05) is 10.2 Å². The molecule has 4 heteroatoms. The molecule has 0 radical (unpaired) electrons. The average molecular weight is 325 g/mol. The van der Waals surface area contributed by atoms with E-state index in [4.69, 9.17) is 5.73 Å². The Bertz CT molecular complexity index is 489. The average Bonchev–Trinajstić information content (AvgIpc) is 2.32. The zero-order chi connectivity index (χ0) is 14.0. The first-order valence-electron chi connectivity index (χ1n) is 6.77. The Morgan fingerprint density at radius 3 is 2.89 bits per heavy atom. The fourth-order valence-electron chi connectivity index (χ4n) is 2.81. The van der Waals surface area contributed by atoms with Crippen LogP contribution in [-0.2, 0) is 4.79 Å². The van der Waals surface area contributed by atoms with Crippen LogP contribution >= 0.6 is 15.9 Å². The van der Waals surface area contributed by atoms with Gasteiger partial charge in [0.15, 0.2) is 0 Å². The molecule has 2 rings (SSSR count).